The molecule has 2 aromatic rings. The second-order valence-corrected chi connectivity index (χ2v) is 3.98. The summed E-state index contributed by atoms with van der Waals surface area (Å²) in [5.74, 6) is -0.166. The molecule has 76 valence electrons. The van der Waals surface area contributed by atoms with E-state index < -0.39 is 4.92 Å². The van der Waals surface area contributed by atoms with E-state index >= 15 is 0 Å². The highest BCUT2D eigenvalue weighted by Crippen LogP contribution is 2.12. The molecule has 0 unspecified atom stereocenters. The van der Waals surface area contributed by atoms with Crippen LogP contribution in [0.25, 0.3) is 5.69 Å². The largest absolute Gasteiger partial charge is 0.363 e. The lowest BCUT2D eigenvalue weighted by Crippen LogP contribution is -1.97. The lowest BCUT2D eigenvalue weighted by molar-refractivity contribution is -0.389. The van der Waals surface area contributed by atoms with E-state index in [2.05, 4.69) is 32.7 Å². The predicted molar refractivity (Wildman–Crippen MR) is 60.7 cm³/mol. The summed E-state index contributed by atoms with van der Waals surface area (Å²) in [6.07, 6.45) is 4.92. The third-order valence-electron chi connectivity index (χ3n) is 1.73. The van der Waals surface area contributed by atoms with Crippen LogP contribution in [0.2, 0.25) is 0 Å². The Morgan fingerprint density at radius 1 is 1.40 bits per heavy atom. The molecule has 2 rings (SSSR count). The van der Waals surface area contributed by atoms with Crippen molar-refractivity contribution >= 4 is 28.4 Å². The van der Waals surface area contributed by atoms with Gasteiger partial charge in [0.05, 0.1) is 9.77 Å². The van der Waals surface area contributed by atoms with Gasteiger partial charge in [-0.05, 0) is 38.6 Å². The number of nitrogens with zero attached hydrogens (tertiary/aromatic N) is 4. The second kappa shape index (κ2) is 3.93. The highest BCUT2D eigenvalue weighted by Gasteiger charge is 2.07. The molecule has 6 nitrogen and oxygen atoms in total. The minimum Gasteiger partial charge on any atom is -0.358 e. The molecule has 0 saturated heterocycles. The topological polar surface area (TPSA) is 73.8 Å². The molecule has 0 aliphatic carbocycles. The summed E-state index contributed by atoms with van der Waals surface area (Å²) in [7, 11) is 0. The first-order chi connectivity index (χ1) is 7.16. The van der Waals surface area contributed by atoms with Gasteiger partial charge in [0.25, 0.3) is 0 Å². The summed E-state index contributed by atoms with van der Waals surface area (Å²) in [6, 6.07) is 2.96. The maximum Gasteiger partial charge on any atom is 0.363 e. The van der Waals surface area contributed by atoms with Crippen LogP contribution >= 0.6 is 22.6 Å². The van der Waals surface area contributed by atoms with Crippen molar-refractivity contribution in [2.75, 3.05) is 0 Å². The Hall–Kier alpha value is -1.51. The second-order valence-electron chi connectivity index (χ2n) is 2.73. The van der Waals surface area contributed by atoms with Crippen molar-refractivity contribution in [1.82, 2.24) is 14.8 Å². The molecule has 0 aliphatic rings. The number of nitro groups is 1. The highest BCUT2D eigenvalue weighted by atomic mass is 127. The molecular formula is C8H5IN4O2. The average Bonchev–Trinajstić information content (AvgIpc) is 2.65. The lowest BCUT2D eigenvalue weighted by atomic mass is 10.4. The normalized spacial score (nSPS) is 10.2. The van der Waals surface area contributed by atoms with Gasteiger partial charge in [-0.15, -0.1) is 0 Å². The third-order valence-corrected chi connectivity index (χ3v) is 2.29. The van der Waals surface area contributed by atoms with Crippen LogP contribution in [0.15, 0.2) is 30.7 Å². The van der Waals surface area contributed by atoms with Crippen LogP contribution in [0, 0.1) is 13.7 Å². The molecule has 15 heavy (non-hydrogen) atoms. The van der Waals surface area contributed by atoms with E-state index in [1.807, 2.05) is 6.20 Å². The fourth-order valence-electron chi connectivity index (χ4n) is 1.06. The molecule has 0 aromatic carbocycles. The summed E-state index contributed by atoms with van der Waals surface area (Å²) < 4.78 is 2.60. The van der Waals surface area contributed by atoms with Gasteiger partial charge in [-0.25, -0.2) is 4.68 Å². The Labute approximate surface area is 98.2 Å². The molecule has 0 aliphatic heterocycles. The molecular weight excluding hydrogens is 311 g/mol. The van der Waals surface area contributed by atoms with Crippen molar-refractivity contribution in [3.8, 4) is 5.69 Å². The smallest absolute Gasteiger partial charge is 0.358 e. The van der Waals surface area contributed by atoms with E-state index in [0.717, 1.165) is 3.57 Å². The van der Waals surface area contributed by atoms with E-state index in [0.29, 0.717) is 5.69 Å². The molecule has 0 fully saturated rings. The molecule has 0 amide bonds. The summed E-state index contributed by atoms with van der Waals surface area (Å²) in [6.45, 7) is 0. The number of rotatable bonds is 2. The molecule has 0 bridgehead atoms. The van der Waals surface area contributed by atoms with E-state index in [4.69, 9.17) is 0 Å². The van der Waals surface area contributed by atoms with Crippen LogP contribution in [0.1, 0.15) is 0 Å². The number of aromatic nitrogens is 3. The van der Waals surface area contributed by atoms with Crippen LogP contribution in [0.4, 0.5) is 5.82 Å². The van der Waals surface area contributed by atoms with E-state index in [9.17, 15) is 10.1 Å². The fraction of sp³-hybridized carbons (Fsp3) is 0. The Morgan fingerprint density at radius 3 is 2.67 bits per heavy atom. The zero-order chi connectivity index (χ0) is 10.8. The van der Waals surface area contributed by atoms with Gasteiger partial charge in [-0.2, -0.15) is 5.10 Å². The monoisotopic (exact) mass is 316 g/mol. The van der Waals surface area contributed by atoms with Crippen LogP contribution in [0.5, 0.6) is 0 Å². The van der Waals surface area contributed by atoms with E-state index in [-0.39, 0.29) is 5.82 Å². The zero-order valence-corrected chi connectivity index (χ0v) is 9.53. The first-order valence-electron chi connectivity index (χ1n) is 3.98. The first kappa shape index (κ1) is 10.0. The minimum atomic E-state index is -0.531. The van der Waals surface area contributed by atoms with E-state index in [1.54, 1.807) is 16.9 Å². The van der Waals surface area contributed by atoms with E-state index in [1.165, 1.54) is 12.3 Å². The predicted octanol–water partition coefficient (Wildman–Crippen LogP) is 1.78. The van der Waals surface area contributed by atoms with Crippen molar-refractivity contribution in [2.24, 2.45) is 0 Å². The van der Waals surface area contributed by atoms with Gasteiger partial charge in [-0.3, -0.25) is 0 Å². The number of hydrogen-bond donors (Lipinski definition) is 0. The standard InChI is InChI=1S/C8H5IN4O2/c9-6-3-11-12(5-6)7-1-2-8(10-4-7)13(14)15/h1-5H. The maximum atomic E-state index is 10.4. The molecule has 0 spiro atoms. The SMILES string of the molecule is O=[N+]([O-])c1ccc(-n2cc(I)cn2)cn1. The Balaban J connectivity index is 2.35. The number of halogens is 1. The Kier molecular flexibility index (Phi) is 2.62. The van der Waals surface area contributed by atoms with Gasteiger partial charge in [0.2, 0.25) is 0 Å². The van der Waals surface area contributed by atoms with Crippen LogP contribution in [-0.2, 0) is 0 Å². The van der Waals surface area contributed by atoms with Crippen molar-refractivity contribution in [3.05, 3.63) is 44.4 Å². The minimum absolute atomic E-state index is 0.166. The zero-order valence-electron chi connectivity index (χ0n) is 7.37. The van der Waals surface area contributed by atoms with Crippen molar-refractivity contribution < 1.29 is 4.92 Å². The molecule has 2 heterocycles. The molecule has 2 aromatic heterocycles. The fourth-order valence-corrected chi connectivity index (χ4v) is 1.45. The van der Waals surface area contributed by atoms with Gasteiger partial charge in [0, 0.05) is 12.3 Å². The Morgan fingerprint density at radius 2 is 2.20 bits per heavy atom. The van der Waals surface area contributed by atoms with Crippen LogP contribution in [-0.4, -0.2) is 19.7 Å². The van der Waals surface area contributed by atoms with Crippen molar-refractivity contribution in [2.45, 2.75) is 0 Å². The summed E-state index contributed by atoms with van der Waals surface area (Å²) in [4.78, 5) is 13.5. The molecule has 0 saturated carbocycles. The Bertz CT molecular complexity index is 494. The summed E-state index contributed by atoms with van der Waals surface area (Å²) in [5, 5.41) is 14.4. The van der Waals surface area contributed by atoms with Crippen molar-refractivity contribution in [3.63, 3.8) is 0 Å². The van der Waals surface area contributed by atoms with Crippen LogP contribution in [0.3, 0.4) is 0 Å². The number of hydrogen-bond acceptors (Lipinski definition) is 4. The molecule has 0 atom stereocenters. The molecule has 0 radical (unpaired) electrons. The van der Waals surface area contributed by atoms with Crippen molar-refractivity contribution in [1.29, 1.82) is 0 Å². The quantitative estimate of drug-likeness (QED) is 0.481. The van der Waals surface area contributed by atoms with Gasteiger partial charge in [0.15, 0.2) is 6.20 Å². The highest BCUT2D eigenvalue weighted by molar-refractivity contribution is 14.1. The summed E-state index contributed by atoms with van der Waals surface area (Å²) >= 11 is 2.13. The lowest BCUT2D eigenvalue weighted by Gasteiger charge is -1.97. The number of pyridine rings is 1. The average molecular weight is 316 g/mol. The van der Waals surface area contributed by atoms with Gasteiger partial charge in [-0.1, -0.05) is 0 Å². The van der Waals surface area contributed by atoms with Crippen LogP contribution < -0.4 is 0 Å². The maximum absolute atomic E-state index is 10.4. The third kappa shape index (κ3) is 2.12. The first-order valence-corrected chi connectivity index (χ1v) is 5.06. The van der Waals surface area contributed by atoms with Gasteiger partial charge >= 0.3 is 5.82 Å². The molecule has 7 heteroatoms. The molecule has 0 N–H and O–H groups in total. The van der Waals surface area contributed by atoms with Gasteiger partial charge in [0.1, 0.15) is 5.69 Å². The summed E-state index contributed by atoms with van der Waals surface area (Å²) in [5.41, 5.74) is 0.698. The van der Waals surface area contributed by atoms with Gasteiger partial charge < -0.3 is 10.1 Å².